The number of carbonyl (C=O) groups is 1. The highest BCUT2D eigenvalue weighted by Crippen LogP contribution is 2.28. The summed E-state index contributed by atoms with van der Waals surface area (Å²) < 4.78 is 6.73. The van der Waals surface area contributed by atoms with Crippen molar-refractivity contribution in [3.05, 3.63) is 65.5 Å². The molecule has 0 spiro atoms. The monoisotopic (exact) mass is 348 g/mol. The molecule has 3 aromatic rings. The number of methoxy groups -OCH3 is 1. The van der Waals surface area contributed by atoms with Crippen LogP contribution in [-0.4, -0.2) is 28.0 Å². The van der Waals surface area contributed by atoms with Crippen LogP contribution in [-0.2, 0) is 12.8 Å². The summed E-state index contributed by atoms with van der Waals surface area (Å²) in [4.78, 5) is 12.6. The van der Waals surface area contributed by atoms with Crippen LogP contribution in [0.5, 0.6) is 5.75 Å². The average molecular weight is 348 g/mol. The largest absolute Gasteiger partial charge is 0.497 e. The molecule has 0 aliphatic heterocycles. The normalized spacial score (nSPS) is 13.1. The van der Waals surface area contributed by atoms with Gasteiger partial charge >= 0.3 is 0 Å². The van der Waals surface area contributed by atoms with Gasteiger partial charge in [-0.3, -0.25) is 4.79 Å². The maximum atomic E-state index is 12.6. The van der Waals surface area contributed by atoms with Crippen LogP contribution >= 0.6 is 0 Å². The minimum Gasteiger partial charge on any atom is -0.497 e. The molecular formula is C20H20N4O2. The van der Waals surface area contributed by atoms with E-state index >= 15 is 0 Å². The highest BCUT2D eigenvalue weighted by Gasteiger charge is 2.17. The van der Waals surface area contributed by atoms with E-state index in [1.807, 2.05) is 36.4 Å². The molecule has 1 aliphatic rings. The minimum atomic E-state index is -0.247. The second kappa shape index (κ2) is 7.00. The zero-order valence-electron chi connectivity index (χ0n) is 14.6. The van der Waals surface area contributed by atoms with Crippen LogP contribution in [0.25, 0.3) is 5.69 Å². The smallest absolute Gasteiger partial charge is 0.277 e. The van der Waals surface area contributed by atoms with Gasteiger partial charge in [0.25, 0.3) is 5.91 Å². The van der Waals surface area contributed by atoms with Gasteiger partial charge in [-0.1, -0.05) is 17.3 Å². The zero-order valence-corrected chi connectivity index (χ0v) is 14.6. The molecule has 0 bridgehead atoms. The van der Waals surface area contributed by atoms with Crippen LogP contribution in [0, 0.1) is 0 Å². The predicted octanol–water partition coefficient (Wildman–Crippen LogP) is 3.41. The SMILES string of the molecule is COc1ccc(-n2cc(C(=O)Nc3cccc4c3CCCC4)nn2)cc1. The molecule has 0 fully saturated rings. The number of aromatic nitrogens is 3. The molecule has 132 valence electrons. The number of ether oxygens (including phenoxy) is 1. The fraction of sp³-hybridized carbons (Fsp3) is 0.250. The van der Waals surface area contributed by atoms with E-state index in [0.717, 1.165) is 36.4 Å². The number of hydrogen-bond acceptors (Lipinski definition) is 4. The number of benzene rings is 2. The van der Waals surface area contributed by atoms with E-state index in [9.17, 15) is 4.79 Å². The maximum absolute atomic E-state index is 12.6. The van der Waals surface area contributed by atoms with Gasteiger partial charge in [-0.15, -0.1) is 5.10 Å². The number of fused-ring (bicyclic) bond motifs is 1. The summed E-state index contributed by atoms with van der Waals surface area (Å²) in [5.74, 6) is 0.518. The molecule has 2 aromatic carbocycles. The van der Waals surface area contributed by atoms with Gasteiger partial charge in [-0.25, -0.2) is 4.68 Å². The molecule has 1 amide bonds. The molecule has 6 heteroatoms. The Balaban J connectivity index is 1.53. The van der Waals surface area contributed by atoms with Gasteiger partial charge in [-0.2, -0.15) is 0 Å². The number of nitrogens with one attached hydrogen (secondary N) is 1. The molecule has 26 heavy (non-hydrogen) atoms. The zero-order chi connectivity index (χ0) is 17.9. The molecule has 1 heterocycles. The summed E-state index contributed by atoms with van der Waals surface area (Å²) in [6.07, 6.45) is 6.08. The fourth-order valence-electron chi connectivity index (χ4n) is 3.31. The number of aryl methyl sites for hydroxylation is 1. The second-order valence-corrected chi connectivity index (χ2v) is 6.35. The Kier molecular flexibility index (Phi) is 4.39. The molecule has 0 unspecified atom stereocenters. The standard InChI is InChI=1S/C20H20N4O2/c1-26-16-11-9-15(10-12-16)24-13-19(22-23-24)20(25)21-18-8-4-6-14-5-2-3-7-17(14)18/h4,6,8-13H,2-3,5,7H2,1H3,(H,21,25). The Morgan fingerprint density at radius 2 is 1.92 bits per heavy atom. The second-order valence-electron chi connectivity index (χ2n) is 6.35. The Hall–Kier alpha value is -3.15. The first-order valence-electron chi connectivity index (χ1n) is 8.73. The van der Waals surface area contributed by atoms with Crippen LogP contribution in [0.4, 0.5) is 5.69 Å². The first-order valence-corrected chi connectivity index (χ1v) is 8.73. The van der Waals surface area contributed by atoms with E-state index in [0.29, 0.717) is 0 Å². The molecule has 4 rings (SSSR count). The molecular weight excluding hydrogens is 328 g/mol. The number of amides is 1. The Morgan fingerprint density at radius 1 is 1.12 bits per heavy atom. The molecule has 0 atom stereocenters. The topological polar surface area (TPSA) is 69.0 Å². The summed E-state index contributed by atoms with van der Waals surface area (Å²) in [6.45, 7) is 0. The third-order valence-electron chi connectivity index (χ3n) is 4.71. The molecule has 1 aromatic heterocycles. The molecule has 0 saturated carbocycles. The number of hydrogen-bond donors (Lipinski definition) is 1. The van der Waals surface area contributed by atoms with Crippen LogP contribution in [0.15, 0.2) is 48.7 Å². The van der Waals surface area contributed by atoms with Crippen LogP contribution in [0.3, 0.4) is 0 Å². The van der Waals surface area contributed by atoms with Crippen LogP contribution in [0.2, 0.25) is 0 Å². The van der Waals surface area contributed by atoms with E-state index < -0.39 is 0 Å². The highest BCUT2D eigenvalue weighted by molar-refractivity contribution is 6.03. The van der Waals surface area contributed by atoms with Crippen molar-refractivity contribution in [2.45, 2.75) is 25.7 Å². The lowest BCUT2D eigenvalue weighted by atomic mass is 9.90. The van der Waals surface area contributed by atoms with E-state index in [2.05, 4.69) is 21.7 Å². The lowest BCUT2D eigenvalue weighted by Crippen LogP contribution is -2.15. The predicted molar refractivity (Wildman–Crippen MR) is 98.9 cm³/mol. The Labute approximate surface area is 151 Å². The summed E-state index contributed by atoms with van der Waals surface area (Å²) >= 11 is 0. The van der Waals surface area contributed by atoms with E-state index in [1.54, 1.807) is 18.0 Å². The van der Waals surface area contributed by atoms with E-state index in [1.165, 1.54) is 17.5 Å². The summed E-state index contributed by atoms with van der Waals surface area (Å²) in [5, 5.41) is 11.1. The molecule has 0 radical (unpaired) electrons. The Morgan fingerprint density at radius 3 is 2.73 bits per heavy atom. The van der Waals surface area contributed by atoms with Crippen molar-refractivity contribution in [1.82, 2.24) is 15.0 Å². The lowest BCUT2D eigenvalue weighted by molar-refractivity contribution is 0.102. The molecule has 1 N–H and O–H groups in total. The van der Waals surface area contributed by atoms with Gasteiger partial charge in [0, 0.05) is 5.69 Å². The fourth-order valence-corrected chi connectivity index (χ4v) is 3.31. The third kappa shape index (κ3) is 3.18. The number of rotatable bonds is 4. The highest BCUT2D eigenvalue weighted by atomic mass is 16.5. The molecule has 0 saturated heterocycles. The van der Waals surface area contributed by atoms with Crippen molar-refractivity contribution in [2.24, 2.45) is 0 Å². The number of anilines is 1. The maximum Gasteiger partial charge on any atom is 0.277 e. The van der Waals surface area contributed by atoms with E-state index in [4.69, 9.17) is 4.74 Å². The van der Waals surface area contributed by atoms with Crippen LogP contribution in [0.1, 0.15) is 34.5 Å². The van der Waals surface area contributed by atoms with Crippen molar-refractivity contribution < 1.29 is 9.53 Å². The Bertz CT molecular complexity index is 931. The summed E-state index contributed by atoms with van der Waals surface area (Å²) in [7, 11) is 1.62. The van der Waals surface area contributed by atoms with Crippen LogP contribution < -0.4 is 10.1 Å². The van der Waals surface area contributed by atoms with Gasteiger partial charge < -0.3 is 10.1 Å². The number of carbonyl (C=O) groups excluding carboxylic acids is 1. The van der Waals surface area contributed by atoms with Gasteiger partial charge in [0.2, 0.25) is 0 Å². The quantitative estimate of drug-likeness (QED) is 0.784. The van der Waals surface area contributed by atoms with Crippen molar-refractivity contribution in [3.8, 4) is 11.4 Å². The van der Waals surface area contributed by atoms with Gasteiger partial charge in [0.05, 0.1) is 19.0 Å². The van der Waals surface area contributed by atoms with Crippen molar-refractivity contribution >= 4 is 11.6 Å². The number of nitrogens with zero attached hydrogens (tertiary/aromatic N) is 3. The molecule has 6 nitrogen and oxygen atoms in total. The first kappa shape index (κ1) is 16.3. The third-order valence-corrected chi connectivity index (χ3v) is 4.71. The van der Waals surface area contributed by atoms with Gasteiger partial charge in [-0.05, 0) is 67.1 Å². The van der Waals surface area contributed by atoms with Gasteiger partial charge in [0.15, 0.2) is 5.69 Å². The van der Waals surface area contributed by atoms with Crippen molar-refractivity contribution in [1.29, 1.82) is 0 Å². The minimum absolute atomic E-state index is 0.247. The van der Waals surface area contributed by atoms with Crippen molar-refractivity contribution in [3.63, 3.8) is 0 Å². The average Bonchev–Trinajstić information content (AvgIpc) is 3.19. The first-order chi connectivity index (χ1) is 12.7. The van der Waals surface area contributed by atoms with Crippen molar-refractivity contribution in [2.75, 3.05) is 12.4 Å². The molecule has 1 aliphatic carbocycles. The lowest BCUT2D eigenvalue weighted by Gasteiger charge is -2.19. The van der Waals surface area contributed by atoms with E-state index in [-0.39, 0.29) is 11.6 Å². The summed E-state index contributed by atoms with van der Waals surface area (Å²) in [5.41, 5.74) is 4.56. The van der Waals surface area contributed by atoms with Gasteiger partial charge in [0.1, 0.15) is 5.75 Å². The summed E-state index contributed by atoms with van der Waals surface area (Å²) in [6, 6.07) is 13.5.